The van der Waals surface area contributed by atoms with E-state index in [1.807, 2.05) is 10.8 Å². The lowest BCUT2D eigenvalue weighted by molar-refractivity contribution is 0.0697. The van der Waals surface area contributed by atoms with Crippen LogP contribution < -0.4 is 0 Å². The third kappa shape index (κ3) is 3.32. The van der Waals surface area contributed by atoms with Crippen molar-refractivity contribution in [3.8, 4) is 0 Å². The number of aryl methyl sites for hydroxylation is 1. The fourth-order valence-electron chi connectivity index (χ4n) is 2.60. The van der Waals surface area contributed by atoms with E-state index < -0.39 is 5.97 Å². The van der Waals surface area contributed by atoms with Gasteiger partial charge in [-0.3, -0.25) is 4.79 Å². The molecule has 112 valence electrons. The van der Waals surface area contributed by atoms with E-state index in [2.05, 4.69) is 6.92 Å². The van der Waals surface area contributed by atoms with E-state index in [0.29, 0.717) is 5.56 Å². The molecule has 0 atom stereocenters. The van der Waals surface area contributed by atoms with Crippen LogP contribution in [0.3, 0.4) is 0 Å². The summed E-state index contributed by atoms with van der Waals surface area (Å²) in [6.45, 7) is 4.52. The molecule has 0 unspecified atom stereocenters. The van der Waals surface area contributed by atoms with Gasteiger partial charge in [-0.05, 0) is 25.5 Å². The molecule has 2 rings (SSSR count). The Balaban J connectivity index is 2.39. The Hall–Kier alpha value is -2.10. The lowest BCUT2D eigenvalue weighted by Crippen LogP contribution is -1.99. The molecule has 0 aliphatic carbocycles. The summed E-state index contributed by atoms with van der Waals surface area (Å²) in [5.41, 5.74) is 1.75. The van der Waals surface area contributed by atoms with Gasteiger partial charge in [0.15, 0.2) is 5.78 Å². The van der Waals surface area contributed by atoms with Crippen molar-refractivity contribution < 1.29 is 14.7 Å². The maximum Gasteiger partial charge on any atom is 0.335 e. The SMILES string of the molecule is CCCCCCn1cc(C(C)=O)c2ccc(C(=O)O)cc21. The average molecular weight is 287 g/mol. The van der Waals surface area contributed by atoms with Crippen LogP contribution in [0.4, 0.5) is 0 Å². The molecule has 0 amide bonds. The van der Waals surface area contributed by atoms with E-state index >= 15 is 0 Å². The molecule has 1 aromatic carbocycles. The Morgan fingerprint density at radius 1 is 1.19 bits per heavy atom. The molecule has 4 nitrogen and oxygen atoms in total. The molecule has 0 saturated heterocycles. The van der Waals surface area contributed by atoms with Crippen molar-refractivity contribution >= 4 is 22.7 Å². The predicted molar refractivity (Wildman–Crippen MR) is 83.0 cm³/mol. The first kappa shape index (κ1) is 15.3. The van der Waals surface area contributed by atoms with Gasteiger partial charge in [0, 0.05) is 29.2 Å². The van der Waals surface area contributed by atoms with Gasteiger partial charge in [-0.2, -0.15) is 0 Å². The van der Waals surface area contributed by atoms with Gasteiger partial charge in [0.05, 0.1) is 5.56 Å². The molecule has 0 bridgehead atoms. The third-order valence-electron chi connectivity index (χ3n) is 3.76. The van der Waals surface area contributed by atoms with Gasteiger partial charge in [-0.25, -0.2) is 4.79 Å². The van der Waals surface area contributed by atoms with Crippen molar-refractivity contribution in [2.45, 2.75) is 46.1 Å². The van der Waals surface area contributed by atoms with Crippen LogP contribution in [-0.2, 0) is 6.54 Å². The van der Waals surface area contributed by atoms with Crippen LogP contribution >= 0.6 is 0 Å². The number of benzene rings is 1. The van der Waals surface area contributed by atoms with Gasteiger partial charge in [0.2, 0.25) is 0 Å². The number of hydrogen-bond donors (Lipinski definition) is 1. The number of nitrogens with zero attached hydrogens (tertiary/aromatic N) is 1. The topological polar surface area (TPSA) is 59.3 Å². The zero-order valence-electron chi connectivity index (χ0n) is 12.6. The van der Waals surface area contributed by atoms with Gasteiger partial charge >= 0.3 is 5.97 Å². The maximum absolute atomic E-state index is 11.7. The minimum absolute atomic E-state index is 0.00961. The normalized spacial score (nSPS) is 11.0. The second-order valence-electron chi connectivity index (χ2n) is 5.39. The second-order valence-corrected chi connectivity index (χ2v) is 5.39. The summed E-state index contributed by atoms with van der Waals surface area (Å²) in [6, 6.07) is 4.94. The van der Waals surface area contributed by atoms with Crippen molar-refractivity contribution in [3.05, 3.63) is 35.5 Å². The molecule has 1 aromatic heterocycles. The molecular weight excluding hydrogens is 266 g/mol. The number of fused-ring (bicyclic) bond motifs is 1. The molecule has 0 aliphatic heterocycles. The van der Waals surface area contributed by atoms with Crippen LogP contribution in [0.1, 0.15) is 60.2 Å². The summed E-state index contributed by atoms with van der Waals surface area (Å²) >= 11 is 0. The number of aromatic nitrogens is 1. The summed E-state index contributed by atoms with van der Waals surface area (Å²) in [5, 5.41) is 9.96. The Kier molecular flexibility index (Phi) is 4.78. The van der Waals surface area contributed by atoms with Gasteiger partial charge in [0.1, 0.15) is 0 Å². The van der Waals surface area contributed by atoms with Gasteiger partial charge < -0.3 is 9.67 Å². The third-order valence-corrected chi connectivity index (χ3v) is 3.76. The highest BCUT2D eigenvalue weighted by atomic mass is 16.4. The number of carboxylic acid groups (broad SMARTS) is 1. The largest absolute Gasteiger partial charge is 0.478 e. The molecule has 0 radical (unpaired) electrons. The first-order chi connectivity index (χ1) is 10.0. The fraction of sp³-hybridized carbons (Fsp3) is 0.412. The molecule has 0 spiro atoms. The maximum atomic E-state index is 11.7. The highest BCUT2D eigenvalue weighted by Crippen LogP contribution is 2.24. The van der Waals surface area contributed by atoms with E-state index in [-0.39, 0.29) is 11.3 Å². The fourth-order valence-corrected chi connectivity index (χ4v) is 2.60. The molecular formula is C17H21NO3. The van der Waals surface area contributed by atoms with Crippen molar-refractivity contribution in [2.24, 2.45) is 0 Å². The molecule has 1 heterocycles. The quantitative estimate of drug-likeness (QED) is 0.615. The van der Waals surface area contributed by atoms with Crippen LogP contribution in [0, 0.1) is 0 Å². The first-order valence-electron chi connectivity index (χ1n) is 7.41. The predicted octanol–water partition coefficient (Wildman–Crippen LogP) is 4.12. The van der Waals surface area contributed by atoms with Crippen molar-refractivity contribution in [1.29, 1.82) is 0 Å². The molecule has 21 heavy (non-hydrogen) atoms. The average Bonchev–Trinajstić information content (AvgIpc) is 2.82. The van der Waals surface area contributed by atoms with E-state index in [1.54, 1.807) is 25.1 Å². The minimum Gasteiger partial charge on any atom is -0.478 e. The van der Waals surface area contributed by atoms with E-state index in [9.17, 15) is 9.59 Å². The molecule has 0 fully saturated rings. The summed E-state index contributed by atoms with van der Waals surface area (Å²) in [6.07, 6.45) is 6.40. The number of carbonyl (C=O) groups excluding carboxylic acids is 1. The number of Topliss-reactive ketones (excluding diaryl/α,β-unsaturated/α-hetero) is 1. The Bertz CT molecular complexity index is 670. The Labute approximate surface area is 124 Å². The van der Waals surface area contributed by atoms with E-state index in [0.717, 1.165) is 30.3 Å². The zero-order valence-corrected chi connectivity index (χ0v) is 12.6. The first-order valence-corrected chi connectivity index (χ1v) is 7.41. The van der Waals surface area contributed by atoms with E-state index in [4.69, 9.17) is 5.11 Å². The molecule has 0 aliphatic rings. The second kappa shape index (κ2) is 6.57. The molecule has 1 N–H and O–H groups in total. The zero-order chi connectivity index (χ0) is 15.4. The highest BCUT2D eigenvalue weighted by molar-refractivity contribution is 6.08. The molecule has 2 aromatic rings. The smallest absolute Gasteiger partial charge is 0.335 e. The van der Waals surface area contributed by atoms with Crippen LogP contribution in [-0.4, -0.2) is 21.4 Å². The van der Waals surface area contributed by atoms with Gasteiger partial charge in [0.25, 0.3) is 0 Å². The van der Waals surface area contributed by atoms with Gasteiger partial charge in [-0.15, -0.1) is 0 Å². The summed E-state index contributed by atoms with van der Waals surface area (Å²) in [5.74, 6) is -0.935. The molecule has 4 heteroatoms. The molecule has 0 saturated carbocycles. The number of carboxylic acids is 1. The number of ketones is 1. The summed E-state index contributed by atoms with van der Waals surface area (Å²) < 4.78 is 2.01. The number of unbranched alkanes of at least 4 members (excludes halogenated alkanes) is 3. The standard InChI is InChI=1S/C17H21NO3/c1-3-4-5-6-9-18-11-15(12(2)19)14-8-7-13(17(20)21)10-16(14)18/h7-8,10-11H,3-6,9H2,1-2H3,(H,20,21). The van der Waals surface area contributed by atoms with E-state index in [1.165, 1.54) is 12.8 Å². The lowest BCUT2D eigenvalue weighted by Gasteiger charge is -2.05. The Morgan fingerprint density at radius 2 is 1.95 bits per heavy atom. The number of aromatic carboxylic acids is 1. The Morgan fingerprint density at radius 3 is 2.57 bits per heavy atom. The summed E-state index contributed by atoms with van der Waals surface area (Å²) in [7, 11) is 0. The number of rotatable bonds is 7. The van der Waals surface area contributed by atoms with Crippen molar-refractivity contribution in [2.75, 3.05) is 0 Å². The monoisotopic (exact) mass is 287 g/mol. The number of hydrogen-bond acceptors (Lipinski definition) is 2. The summed E-state index contributed by atoms with van der Waals surface area (Å²) in [4.78, 5) is 22.9. The number of carbonyl (C=O) groups is 2. The van der Waals surface area contributed by atoms with Crippen molar-refractivity contribution in [1.82, 2.24) is 4.57 Å². The lowest BCUT2D eigenvalue weighted by atomic mass is 10.1. The van der Waals surface area contributed by atoms with Crippen LogP contribution in [0.25, 0.3) is 10.9 Å². The van der Waals surface area contributed by atoms with Crippen LogP contribution in [0.5, 0.6) is 0 Å². The van der Waals surface area contributed by atoms with Crippen LogP contribution in [0.2, 0.25) is 0 Å². The van der Waals surface area contributed by atoms with Crippen LogP contribution in [0.15, 0.2) is 24.4 Å². The van der Waals surface area contributed by atoms with Gasteiger partial charge in [-0.1, -0.05) is 32.3 Å². The highest BCUT2D eigenvalue weighted by Gasteiger charge is 2.14. The van der Waals surface area contributed by atoms with Crippen molar-refractivity contribution in [3.63, 3.8) is 0 Å². The minimum atomic E-state index is -0.944.